The Hall–Kier alpha value is -0.120. The Labute approximate surface area is 126 Å². The minimum atomic E-state index is 0.314. The summed E-state index contributed by atoms with van der Waals surface area (Å²) in [6, 6.07) is 0.804. The number of piperazine rings is 1. The van der Waals surface area contributed by atoms with Gasteiger partial charge in [0.2, 0.25) is 0 Å². The van der Waals surface area contributed by atoms with Gasteiger partial charge in [-0.2, -0.15) is 0 Å². The van der Waals surface area contributed by atoms with Crippen molar-refractivity contribution in [1.82, 2.24) is 14.7 Å². The summed E-state index contributed by atoms with van der Waals surface area (Å²) >= 11 is 0. The van der Waals surface area contributed by atoms with Gasteiger partial charge in [-0.3, -0.25) is 4.90 Å². The molecule has 2 aliphatic rings. The highest BCUT2D eigenvalue weighted by atomic mass is 15.2. The van der Waals surface area contributed by atoms with E-state index in [4.69, 9.17) is 0 Å². The van der Waals surface area contributed by atoms with Crippen molar-refractivity contribution in [3.05, 3.63) is 0 Å². The fourth-order valence-corrected chi connectivity index (χ4v) is 3.66. The van der Waals surface area contributed by atoms with E-state index < -0.39 is 0 Å². The van der Waals surface area contributed by atoms with E-state index in [-0.39, 0.29) is 0 Å². The molecule has 0 unspecified atom stereocenters. The van der Waals surface area contributed by atoms with Crippen molar-refractivity contribution in [1.29, 1.82) is 0 Å². The molecule has 1 aliphatic heterocycles. The quantitative estimate of drug-likeness (QED) is 0.787. The Balaban J connectivity index is 1.72. The minimum Gasteiger partial charge on any atom is -0.304 e. The first-order valence-electron chi connectivity index (χ1n) is 8.50. The molecule has 2 rings (SSSR count). The first-order chi connectivity index (χ1) is 9.36. The van der Waals surface area contributed by atoms with Gasteiger partial charge in [-0.15, -0.1) is 0 Å². The second kappa shape index (κ2) is 6.76. The van der Waals surface area contributed by atoms with Crippen LogP contribution in [-0.4, -0.2) is 73.1 Å². The van der Waals surface area contributed by atoms with Crippen LogP contribution in [0, 0.1) is 5.92 Å². The van der Waals surface area contributed by atoms with Crippen molar-refractivity contribution >= 4 is 0 Å². The monoisotopic (exact) mass is 281 g/mol. The van der Waals surface area contributed by atoms with Gasteiger partial charge in [0.25, 0.3) is 0 Å². The second-order valence-electron chi connectivity index (χ2n) is 8.06. The molecule has 1 aliphatic carbocycles. The van der Waals surface area contributed by atoms with Crippen LogP contribution in [0.15, 0.2) is 0 Å². The standard InChI is InChI=1S/C17H35N3/c1-17(2,3)19(5)16-8-6-15(7-9-16)14-20-12-10-18(4)11-13-20/h15-16H,6-14H2,1-5H3. The number of hydrogen-bond acceptors (Lipinski definition) is 3. The van der Waals surface area contributed by atoms with E-state index in [1.54, 1.807) is 0 Å². The number of hydrogen-bond donors (Lipinski definition) is 0. The normalized spacial score (nSPS) is 30.9. The molecule has 0 aromatic rings. The third kappa shape index (κ3) is 4.44. The first-order valence-corrected chi connectivity index (χ1v) is 8.50. The van der Waals surface area contributed by atoms with Gasteiger partial charge in [0.05, 0.1) is 0 Å². The lowest BCUT2D eigenvalue weighted by Crippen LogP contribution is -2.49. The maximum absolute atomic E-state index is 2.69. The fraction of sp³-hybridized carbons (Fsp3) is 1.00. The van der Waals surface area contributed by atoms with Gasteiger partial charge in [0.1, 0.15) is 0 Å². The van der Waals surface area contributed by atoms with Crippen LogP contribution in [-0.2, 0) is 0 Å². The molecule has 0 N–H and O–H groups in total. The number of nitrogens with zero attached hydrogens (tertiary/aromatic N) is 3. The molecule has 2 fully saturated rings. The Morgan fingerprint density at radius 1 is 0.950 bits per heavy atom. The van der Waals surface area contributed by atoms with E-state index in [1.165, 1.54) is 58.4 Å². The summed E-state index contributed by atoms with van der Waals surface area (Å²) in [7, 11) is 4.55. The lowest BCUT2D eigenvalue weighted by molar-refractivity contribution is 0.0656. The van der Waals surface area contributed by atoms with E-state index in [0.717, 1.165) is 12.0 Å². The van der Waals surface area contributed by atoms with Crippen LogP contribution in [0.3, 0.4) is 0 Å². The van der Waals surface area contributed by atoms with Crippen LogP contribution in [0.4, 0.5) is 0 Å². The molecule has 1 saturated carbocycles. The van der Waals surface area contributed by atoms with Crippen LogP contribution < -0.4 is 0 Å². The summed E-state index contributed by atoms with van der Waals surface area (Å²) in [4.78, 5) is 7.74. The summed E-state index contributed by atoms with van der Waals surface area (Å²) in [6.07, 6.45) is 5.65. The van der Waals surface area contributed by atoms with Gasteiger partial charge in [-0.05, 0) is 66.5 Å². The average Bonchev–Trinajstić information content (AvgIpc) is 2.40. The third-order valence-corrected chi connectivity index (χ3v) is 5.53. The van der Waals surface area contributed by atoms with E-state index in [9.17, 15) is 0 Å². The molecule has 1 heterocycles. The summed E-state index contributed by atoms with van der Waals surface area (Å²) < 4.78 is 0. The Kier molecular flexibility index (Phi) is 5.49. The highest BCUT2D eigenvalue weighted by Crippen LogP contribution is 2.30. The van der Waals surface area contributed by atoms with Gasteiger partial charge in [-0.25, -0.2) is 0 Å². The van der Waals surface area contributed by atoms with E-state index in [2.05, 4.69) is 49.6 Å². The molecule has 0 spiro atoms. The SMILES string of the molecule is CN1CCN(CC2CCC(N(C)C(C)(C)C)CC2)CC1. The lowest BCUT2D eigenvalue weighted by atomic mass is 9.83. The summed E-state index contributed by atoms with van der Waals surface area (Å²) in [5.41, 5.74) is 0.314. The molecule has 0 atom stereocenters. The van der Waals surface area contributed by atoms with Gasteiger partial charge >= 0.3 is 0 Å². The molecule has 20 heavy (non-hydrogen) atoms. The maximum atomic E-state index is 2.69. The molecule has 0 radical (unpaired) electrons. The van der Waals surface area contributed by atoms with Crippen LogP contribution >= 0.6 is 0 Å². The van der Waals surface area contributed by atoms with Crippen LogP contribution in [0.25, 0.3) is 0 Å². The molecule has 1 saturated heterocycles. The Morgan fingerprint density at radius 2 is 1.50 bits per heavy atom. The summed E-state index contributed by atoms with van der Waals surface area (Å²) in [6.45, 7) is 13.4. The number of likely N-dealkylation sites (N-methyl/N-ethyl adjacent to an activating group) is 1. The summed E-state index contributed by atoms with van der Waals surface area (Å²) in [5.74, 6) is 0.947. The molecule has 3 heteroatoms. The van der Waals surface area contributed by atoms with Crippen molar-refractivity contribution in [2.75, 3.05) is 46.8 Å². The molecule has 0 aromatic carbocycles. The van der Waals surface area contributed by atoms with Crippen LogP contribution in [0.5, 0.6) is 0 Å². The first kappa shape index (κ1) is 16.3. The van der Waals surface area contributed by atoms with Gasteiger partial charge < -0.3 is 9.80 Å². The zero-order valence-electron chi connectivity index (χ0n) is 14.4. The predicted molar refractivity (Wildman–Crippen MR) is 87.2 cm³/mol. The van der Waals surface area contributed by atoms with Gasteiger partial charge in [0.15, 0.2) is 0 Å². The molecular weight excluding hydrogens is 246 g/mol. The smallest absolute Gasteiger partial charge is 0.0124 e. The highest BCUT2D eigenvalue weighted by molar-refractivity contribution is 4.85. The maximum Gasteiger partial charge on any atom is 0.0124 e. The van der Waals surface area contributed by atoms with Crippen molar-refractivity contribution in [3.63, 3.8) is 0 Å². The largest absolute Gasteiger partial charge is 0.304 e. The minimum absolute atomic E-state index is 0.314. The van der Waals surface area contributed by atoms with Gasteiger partial charge in [-0.1, -0.05) is 0 Å². The zero-order chi connectivity index (χ0) is 14.8. The average molecular weight is 281 g/mol. The topological polar surface area (TPSA) is 9.72 Å². The summed E-state index contributed by atoms with van der Waals surface area (Å²) in [5, 5.41) is 0. The van der Waals surface area contributed by atoms with E-state index >= 15 is 0 Å². The van der Waals surface area contributed by atoms with Crippen molar-refractivity contribution in [2.45, 2.75) is 58.0 Å². The molecule has 0 aromatic heterocycles. The van der Waals surface area contributed by atoms with Crippen LogP contribution in [0.2, 0.25) is 0 Å². The molecule has 0 bridgehead atoms. The molecule has 0 amide bonds. The van der Waals surface area contributed by atoms with E-state index in [1.807, 2.05) is 0 Å². The van der Waals surface area contributed by atoms with Crippen molar-refractivity contribution in [2.24, 2.45) is 5.92 Å². The fourth-order valence-electron chi connectivity index (χ4n) is 3.66. The number of rotatable bonds is 3. The van der Waals surface area contributed by atoms with Crippen molar-refractivity contribution in [3.8, 4) is 0 Å². The predicted octanol–water partition coefficient (Wildman–Crippen LogP) is 2.52. The lowest BCUT2D eigenvalue weighted by Gasteiger charge is -2.43. The van der Waals surface area contributed by atoms with Gasteiger partial charge in [0, 0.05) is 44.3 Å². The highest BCUT2D eigenvalue weighted by Gasteiger charge is 2.30. The second-order valence-corrected chi connectivity index (χ2v) is 8.06. The van der Waals surface area contributed by atoms with Crippen molar-refractivity contribution < 1.29 is 0 Å². The Morgan fingerprint density at radius 3 is 2.00 bits per heavy atom. The van der Waals surface area contributed by atoms with Crippen LogP contribution in [0.1, 0.15) is 46.5 Å². The molecular formula is C17H35N3. The van der Waals surface area contributed by atoms with E-state index in [0.29, 0.717) is 5.54 Å². The molecule has 3 nitrogen and oxygen atoms in total. The third-order valence-electron chi connectivity index (χ3n) is 5.53. The Bertz CT molecular complexity index is 281. The zero-order valence-corrected chi connectivity index (χ0v) is 14.4. The molecule has 118 valence electrons.